The summed E-state index contributed by atoms with van der Waals surface area (Å²) < 4.78 is 11.0. The number of ether oxygens (including phenoxy) is 2. The minimum atomic E-state index is -0.232. The van der Waals surface area contributed by atoms with Crippen molar-refractivity contribution in [2.45, 2.75) is 12.5 Å². The Hall–Kier alpha value is -2.53. The zero-order chi connectivity index (χ0) is 16.5. The molecule has 4 rings (SSSR count). The number of fused-ring (bicyclic) bond motifs is 1. The monoisotopic (exact) mass is 324 g/mol. The van der Waals surface area contributed by atoms with Gasteiger partial charge in [0.1, 0.15) is 0 Å². The van der Waals surface area contributed by atoms with E-state index in [2.05, 4.69) is 17.0 Å². The molecule has 1 saturated heterocycles. The van der Waals surface area contributed by atoms with E-state index in [4.69, 9.17) is 15.2 Å². The van der Waals surface area contributed by atoms with Crippen LogP contribution < -0.4 is 15.2 Å². The lowest BCUT2D eigenvalue weighted by Crippen LogP contribution is -2.29. The van der Waals surface area contributed by atoms with Gasteiger partial charge < -0.3 is 15.2 Å². The van der Waals surface area contributed by atoms with Gasteiger partial charge in [0.25, 0.3) is 0 Å². The molecule has 1 amide bonds. The number of nitrogens with zero attached hydrogens (tertiary/aromatic N) is 1. The molecule has 2 aliphatic rings. The van der Waals surface area contributed by atoms with E-state index in [1.54, 1.807) is 0 Å². The molecule has 5 nitrogen and oxygen atoms in total. The Labute approximate surface area is 141 Å². The second kappa shape index (κ2) is 6.17. The summed E-state index contributed by atoms with van der Waals surface area (Å²) in [7, 11) is 0. The van der Waals surface area contributed by atoms with E-state index in [1.165, 1.54) is 5.56 Å². The fraction of sp³-hybridized carbons (Fsp3) is 0.316. The summed E-state index contributed by atoms with van der Waals surface area (Å²) in [4.78, 5) is 14.2. The predicted molar refractivity (Wildman–Crippen MR) is 89.7 cm³/mol. The van der Waals surface area contributed by atoms with Gasteiger partial charge in [0.05, 0.1) is 5.92 Å². The van der Waals surface area contributed by atoms with E-state index in [1.807, 2.05) is 36.4 Å². The summed E-state index contributed by atoms with van der Waals surface area (Å²) in [6.07, 6.45) is 0. The predicted octanol–water partition coefficient (Wildman–Crippen LogP) is 2.12. The third kappa shape index (κ3) is 2.71. The van der Waals surface area contributed by atoms with E-state index < -0.39 is 0 Å². The molecule has 1 fully saturated rings. The first-order valence-corrected chi connectivity index (χ1v) is 8.16. The van der Waals surface area contributed by atoms with Gasteiger partial charge in [-0.2, -0.15) is 0 Å². The van der Waals surface area contributed by atoms with Gasteiger partial charge in [-0.15, -0.1) is 0 Å². The van der Waals surface area contributed by atoms with Gasteiger partial charge in [0.15, 0.2) is 11.5 Å². The van der Waals surface area contributed by atoms with Crippen molar-refractivity contribution in [3.8, 4) is 11.5 Å². The van der Waals surface area contributed by atoms with Crippen molar-refractivity contribution >= 4 is 5.91 Å². The van der Waals surface area contributed by atoms with Crippen LogP contribution in [0.4, 0.5) is 0 Å². The second-order valence-electron chi connectivity index (χ2n) is 6.37. The molecular weight excluding hydrogens is 304 g/mol. The Balaban J connectivity index is 1.56. The molecule has 2 heterocycles. The molecule has 24 heavy (non-hydrogen) atoms. The van der Waals surface area contributed by atoms with E-state index in [0.29, 0.717) is 6.54 Å². The normalized spacial score (nSPS) is 22.7. The van der Waals surface area contributed by atoms with Crippen molar-refractivity contribution in [2.24, 2.45) is 11.7 Å². The maximum absolute atomic E-state index is 11.9. The smallest absolute Gasteiger partial charge is 0.231 e. The largest absolute Gasteiger partial charge is 0.454 e. The molecular formula is C19H20N2O3. The zero-order valence-electron chi connectivity index (χ0n) is 13.4. The number of nitrogens with two attached hydrogens (primary N) is 1. The number of para-hydroxylation sites is 1. The van der Waals surface area contributed by atoms with Gasteiger partial charge in [-0.3, -0.25) is 9.69 Å². The summed E-state index contributed by atoms with van der Waals surface area (Å²) in [5.74, 6) is 1.34. The lowest BCUT2D eigenvalue weighted by molar-refractivity contribution is -0.121. The second-order valence-corrected chi connectivity index (χ2v) is 6.37. The van der Waals surface area contributed by atoms with Crippen LogP contribution in [0.15, 0.2) is 48.5 Å². The van der Waals surface area contributed by atoms with E-state index >= 15 is 0 Å². The van der Waals surface area contributed by atoms with Crippen LogP contribution in [0.5, 0.6) is 11.5 Å². The minimum Gasteiger partial charge on any atom is -0.454 e. The van der Waals surface area contributed by atoms with Crippen LogP contribution in [0.2, 0.25) is 0 Å². The van der Waals surface area contributed by atoms with Gasteiger partial charge in [-0.1, -0.05) is 42.5 Å². The standard InChI is InChI=1S/C19H20N2O3/c20-19(22)16-11-21(10-15(16)13-5-2-1-3-6-13)9-14-7-4-8-17-18(14)24-12-23-17/h1-8,15-16H,9-12H2,(H2,20,22)/t15-,16+/m0/s1. The molecule has 124 valence electrons. The van der Waals surface area contributed by atoms with Crippen LogP contribution >= 0.6 is 0 Å². The highest BCUT2D eigenvalue weighted by Crippen LogP contribution is 2.38. The van der Waals surface area contributed by atoms with Crippen LogP contribution in [0, 0.1) is 5.92 Å². The fourth-order valence-corrected chi connectivity index (χ4v) is 3.70. The molecule has 0 unspecified atom stereocenters. The highest BCUT2D eigenvalue weighted by molar-refractivity contribution is 5.78. The topological polar surface area (TPSA) is 64.8 Å². The number of hydrogen-bond acceptors (Lipinski definition) is 4. The first-order valence-electron chi connectivity index (χ1n) is 8.16. The number of hydrogen-bond donors (Lipinski definition) is 1. The average Bonchev–Trinajstić information content (AvgIpc) is 3.23. The number of primary amides is 1. The molecule has 0 spiro atoms. The molecule has 2 aliphatic heterocycles. The number of benzene rings is 2. The maximum atomic E-state index is 11.9. The van der Waals surface area contributed by atoms with Gasteiger partial charge in [0, 0.05) is 31.1 Å². The van der Waals surface area contributed by atoms with Crippen LogP contribution in [-0.4, -0.2) is 30.7 Å². The Bertz CT molecular complexity index is 748. The van der Waals surface area contributed by atoms with Gasteiger partial charge in [-0.05, 0) is 11.6 Å². The van der Waals surface area contributed by atoms with Crippen molar-refractivity contribution < 1.29 is 14.3 Å². The number of rotatable bonds is 4. The van der Waals surface area contributed by atoms with E-state index in [0.717, 1.165) is 30.2 Å². The van der Waals surface area contributed by atoms with Gasteiger partial charge in [-0.25, -0.2) is 0 Å². The highest BCUT2D eigenvalue weighted by Gasteiger charge is 2.37. The molecule has 0 aliphatic carbocycles. The van der Waals surface area contributed by atoms with Gasteiger partial charge >= 0.3 is 0 Å². The SMILES string of the molecule is NC(=O)[C@@H]1CN(Cc2cccc3c2OCO3)C[C@H]1c1ccccc1. The van der Waals surface area contributed by atoms with Crippen LogP contribution in [0.3, 0.4) is 0 Å². The molecule has 0 aromatic heterocycles. The van der Waals surface area contributed by atoms with Crippen LogP contribution in [0.25, 0.3) is 0 Å². The Morgan fingerprint density at radius 1 is 1.08 bits per heavy atom. The molecule has 2 atom stereocenters. The Morgan fingerprint density at radius 2 is 1.92 bits per heavy atom. The molecule has 0 radical (unpaired) electrons. The first kappa shape index (κ1) is 15.0. The summed E-state index contributed by atoms with van der Waals surface area (Å²) >= 11 is 0. The lowest BCUT2D eigenvalue weighted by atomic mass is 9.89. The molecule has 5 heteroatoms. The van der Waals surface area contributed by atoms with Crippen molar-refractivity contribution in [1.29, 1.82) is 0 Å². The Morgan fingerprint density at radius 3 is 2.71 bits per heavy atom. The summed E-state index contributed by atoms with van der Waals surface area (Å²) in [6.45, 7) is 2.46. The number of carbonyl (C=O) groups is 1. The van der Waals surface area contributed by atoms with Crippen molar-refractivity contribution in [3.05, 3.63) is 59.7 Å². The van der Waals surface area contributed by atoms with Crippen molar-refractivity contribution in [2.75, 3.05) is 19.9 Å². The molecule has 0 bridgehead atoms. The third-order valence-electron chi connectivity index (χ3n) is 4.86. The minimum absolute atomic E-state index is 0.137. The zero-order valence-corrected chi connectivity index (χ0v) is 13.4. The number of amides is 1. The molecule has 0 saturated carbocycles. The lowest BCUT2D eigenvalue weighted by Gasteiger charge is -2.17. The molecule has 2 N–H and O–H groups in total. The summed E-state index contributed by atoms with van der Waals surface area (Å²) in [5, 5.41) is 0. The van der Waals surface area contributed by atoms with Crippen LogP contribution in [0.1, 0.15) is 17.0 Å². The third-order valence-corrected chi connectivity index (χ3v) is 4.86. The molecule has 2 aromatic carbocycles. The van der Waals surface area contributed by atoms with Crippen molar-refractivity contribution in [1.82, 2.24) is 4.90 Å². The quantitative estimate of drug-likeness (QED) is 0.935. The summed E-state index contributed by atoms with van der Waals surface area (Å²) in [6, 6.07) is 16.1. The average molecular weight is 324 g/mol. The Kier molecular flexibility index (Phi) is 3.86. The van der Waals surface area contributed by atoms with Crippen LogP contribution in [-0.2, 0) is 11.3 Å². The van der Waals surface area contributed by atoms with Crippen molar-refractivity contribution in [3.63, 3.8) is 0 Å². The number of likely N-dealkylation sites (tertiary alicyclic amines) is 1. The van der Waals surface area contributed by atoms with E-state index in [-0.39, 0.29) is 24.5 Å². The molecule has 2 aromatic rings. The fourth-order valence-electron chi connectivity index (χ4n) is 3.70. The number of carbonyl (C=O) groups excluding carboxylic acids is 1. The summed E-state index contributed by atoms with van der Waals surface area (Å²) in [5.41, 5.74) is 7.91. The first-order chi connectivity index (χ1) is 11.7. The maximum Gasteiger partial charge on any atom is 0.231 e. The van der Waals surface area contributed by atoms with E-state index in [9.17, 15) is 4.79 Å². The van der Waals surface area contributed by atoms with Gasteiger partial charge in [0.2, 0.25) is 12.7 Å². The highest BCUT2D eigenvalue weighted by atomic mass is 16.7.